The minimum Gasteiger partial charge on any atom is -0.345 e. The molecule has 0 aliphatic heterocycles. The fraction of sp³-hybridized carbons (Fsp3) is 0.294. The molecule has 0 saturated carbocycles. The van der Waals surface area contributed by atoms with E-state index in [1.165, 1.54) is 0 Å². The van der Waals surface area contributed by atoms with Gasteiger partial charge in [0.1, 0.15) is 0 Å². The predicted molar refractivity (Wildman–Crippen MR) is 81.3 cm³/mol. The van der Waals surface area contributed by atoms with Crippen molar-refractivity contribution in [2.24, 2.45) is 0 Å². The van der Waals surface area contributed by atoms with Gasteiger partial charge in [0.25, 0.3) is 0 Å². The van der Waals surface area contributed by atoms with E-state index in [4.69, 9.17) is 0 Å². The standard InChI is InChI=1S/C17H20N2O/c1-3-12-19(2)17(20)13-14-7-9-15(10-8-14)16-6-4-5-11-18-16/h4-11H,3,12-13H2,1-2H3. The summed E-state index contributed by atoms with van der Waals surface area (Å²) in [5, 5.41) is 0. The maximum atomic E-state index is 12.0. The molecule has 0 atom stereocenters. The monoisotopic (exact) mass is 268 g/mol. The molecule has 104 valence electrons. The third kappa shape index (κ3) is 3.67. The number of hydrogen-bond acceptors (Lipinski definition) is 2. The normalized spacial score (nSPS) is 10.3. The van der Waals surface area contributed by atoms with Crippen LogP contribution in [0.3, 0.4) is 0 Å². The van der Waals surface area contributed by atoms with Crippen LogP contribution in [0.25, 0.3) is 11.3 Å². The molecule has 1 aromatic heterocycles. The molecular weight excluding hydrogens is 248 g/mol. The molecule has 1 aromatic carbocycles. The van der Waals surface area contributed by atoms with Crippen molar-refractivity contribution in [1.29, 1.82) is 0 Å². The van der Waals surface area contributed by atoms with Crippen LogP contribution in [-0.2, 0) is 11.2 Å². The van der Waals surface area contributed by atoms with E-state index in [1.54, 1.807) is 11.1 Å². The van der Waals surface area contributed by atoms with E-state index < -0.39 is 0 Å². The SMILES string of the molecule is CCCN(C)C(=O)Cc1ccc(-c2ccccn2)cc1. The first-order valence-electron chi connectivity index (χ1n) is 6.95. The van der Waals surface area contributed by atoms with Crippen molar-refractivity contribution >= 4 is 5.91 Å². The molecule has 0 bridgehead atoms. The highest BCUT2D eigenvalue weighted by atomic mass is 16.2. The number of rotatable bonds is 5. The van der Waals surface area contributed by atoms with E-state index in [-0.39, 0.29) is 5.91 Å². The van der Waals surface area contributed by atoms with Crippen molar-refractivity contribution in [3.8, 4) is 11.3 Å². The Hall–Kier alpha value is -2.16. The lowest BCUT2D eigenvalue weighted by atomic mass is 10.1. The summed E-state index contributed by atoms with van der Waals surface area (Å²) in [4.78, 5) is 18.1. The number of amides is 1. The van der Waals surface area contributed by atoms with Gasteiger partial charge in [-0.3, -0.25) is 9.78 Å². The number of nitrogens with zero attached hydrogens (tertiary/aromatic N) is 2. The minimum absolute atomic E-state index is 0.164. The van der Waals surface area contributed by atoms with E-state index >= 15 is 0 Å². The molecule has 3 heteroatoms. The van der Waals surface area contributed by atoms with Gasteiger partial charge in [-0.2, -0.15) is 0 Å². The molecule has 0 N–H and O–H groups in total. The quantitative estimate of drug-likeness (QED) is 0.834. The molecule has 1 heterocycles. The first-order valence-corrected chi connectivity index (χ1v) is 6.95. The third-order valence-corrected chi connectivity index (χ3v) is 3.25. The summed E-state index contributed by atoms with van der Waals surface area (Å²) in [7, 11) is 1.86. The van der Waals surface area contributed by atoms with Crippen LogP contribution in [0.5, 0.6) is 0 Å². The van der Waals surface area contributed by atoms with Crippen LogP contribution in [0, 0.1) is 0 Å². The van der Waals surface area contributed by atoms with Gasteiger partial charge in [-0.05, 0) is 24.1 Å². The van der Waals surface area contributed by atoms with Gasteiger partial charge in [0, 0.05) is 25.4 Å². The van der Waals surface area contributed by atoms with Gasteiger partial charge in [-0.25, -0.2) is 0 Å². The molecule has 20 heavy (non-hydrogen) atoms. The zero-order chi connectivity index (χ0) is 14.4. The number of carbonyl (C=O) groups is 1. The van der Waals surface area contributed by atoms with E-state index in [2.05, 4.69) is 11.9 Å². The second kappa shape index (κ2) is 6.85. The van der Waals surface area contributed by atoms with Gasteiger partial charge in [0.2, 0.25) is 5.91 Å². The highest BCUT2D eigenvalue weighted by Crippen LogP contribution is 2.17. The molecule has 0 aliphatic carbocycles. The van der Waals surface area contributed by atoms with Crippen molar-refractivity contribution in [1.82, 2.24) is 9.88 Å². The maximum Gasteiger partial charge on any atom is 0.226 e. The first kappa shape index (κ1) is 14.3. The number of hydrogen-bond donors (Lipinski definition) is 0. The summed E-state index contributed by atoms with van der Waals surface area (Å²) >= 11 is 0. The van der Waals surface area contributed by atoms with Crippen molar-refractivity contribution < 1.29 is 4.79 Å². The lowest BCUT2D eigenvalue weighted by Gasteiger charge is -2.16. The Bertz CT molecular complexity index is 549. The molecular formula is C17H20N2O. The first-order chi connectivity index (χ1) is 9.70. The highest BCUT2D eigenvalue weighted by molar-refractivity contribution is 5.78. The molecule has 2 rings (SSSR count). The average molecular weight is 268 g/mol. The van der Waals surface area contributed by atoms with Crippen LogP contribution < -0.4 is 0 Å². The molecule has 3 nitrogen and oxygen atoms in total. The van der Waals surface area contributed by atoms with E-state index in [0.29, 0.717) is 6.42 Å². The smallest absolute Gasteiger partial charge is 0.226 e. The summed E-state index contributed by atoms with van der Waals surface area (Å²) in [6.07, 6.45) is 3.23. The van der Waals surface area contributed by atoms with Gasteiger partial charge in [0.05, 0.1) is 12.1 Å². The molecule has 0 fully saturated rings. The summed E-state index contributed by atoms with van der Waals surface area (Å²) in [6, 6.07) is 13.9. The van der Waals surface area contributed by atoms with Crippen LogP contribution in [-0.4, -0.2) is 29.4 Å². The Labute approximate surface area is 120 Å². The predicted octanol–water partition coefficient (Wildman–Crippen LogP) is 3.16. The molecule has 0 saturated heterocycles. The number of aromatic nitrogens is 1. The van der Waals surface area contributed by atoms with Crippen LogP contribution in [0.15, 0.2) is 48.7 Å². The molecule has 0 spiro atoms. The lowest BCUT2D eigenvalue weighted by Crippen LogP contribution is -2.28. The van der Waals surface area contributed by atoms with E-state index in [9.17, 15) is 4.79 Å². The van der Waals surface area contributed by atoms with Crippen molar-refractivity contribution in [2.45, 2.75) is 19.8 Å². The van der Waals surface area contributed by atoms with Crippen LogP contribution in [0.2, 0.25) is 0 Å². The summed E-state index contributed by atoms with van der Waals surface area (Å²) in [5.41, 5.74) is 3.06. The van der Waals surface area contributed by atoms with Gasteiger partial charge in [0.15, 0.2) is 0 Å². The fourth-order valence-electron chi connectivity index (χ4n) is 2.10. The van der Waals surface area contributed by atoms with Crippen LogP contribution in [0.4, 0.5) is 0 Å². The van der Waals surface area contributed by atoms with Crippen LogP contribution >= 0.6 is 0 Å². The minimum atomic E-state index is 0.164. The molecule has 1 amide bonds. The Balaban J connectivity index is 2.04. The topological polar surface area (TPSA) is 33.2 Å². The number of likely N-dealkylation sites (N-methyl/N-ethyl adjacent to an activating group) is 1. The molecule has 0 unspecified atom stereocenters. The largest absolute Gasteiger partial charge is 0.345 e. The molecule has 0 radical (unpaired) electrons. The average Bonchev–Trinajstić information content (AvgIpc) is 2.49. The lowest BCUT2D eigenvalue weighted by molar-refractivity contribution is -0.129. The van der Waals surface area contributed by atoms with Gasteiger partial charge in [-0.1, -0.05) is 37.3 Å². The van der Waals surface area contributed by atoms with Crippen molar-refractivity contribution in [2.75, 3.05) is 13.6 Å². The highest BCUT2D eigenvalue weighted by Gasteiger charge is 2.08. The summed E-state index contributed by atoms with van der Waals surface area (Å²) in [5.74, 6) is 0.164. The Morgan fingerprint density at radius 2 is 1.90 bits per heavy atom. The maximum absolute atomic E-state index is 12.0. The molecule has 0 aliphatic rings. The van der Waals surface area contributed by atoms with E-state index in [0.717, 1.165) is 29.8 Å². The van der Waals surface area contributed by atoms with Crippen LogP contribution in [0.1, 0.15) is 18.9 Å². The van der Waals surface area contributed by atoms with Gasteiger partial charge >= 0.3 is 0 Å². The number of carbonyl (C=O) groups excluding carboxylic acids is 1. The Kier molecular flexibility index (Phi) is 4.88. The molecule has 2 aromatic rings. The summed E-state index contributed by atoms with van der Waals surface area (Å²) in [6.45, 7) is 2.89. The summed E-state index contributed by atoms with van der Waals surface area (Å²) < 4.78 is 0. The van der Waals surface area contributed by atoms with Crippen molar-refractivity contribution in [3.63, 3.8) is 0 Å². The fourth-order valence-corrected chi connectivity index (χ4v) is 2.10. The number of benzene rings is 1. The third-order valence-electron chi connectivity index (χ3n) is 3.25. The Morgan fingerprint density at radius 3 is 2.50 bits per heavy atom. The van der Waals surface area contributed by atoms with Crippen molar-refractivity contribution in [3.05, 3.63) is 54.2 Å². The zero-order valence-electron chi connectivity index (χ0n) is 12.0. The second-order valence-electron chi connectivity index (χ2n) is 4.90. The Morgan fingerprint density at radius 1 is 1.15 bits per heavy atom. The second-order valence-corrected chi connectivity index (χ2v) is 4.90. The van der Waals surface area contributed by atoms with E-state index in [1.807, 2.05) is 49.5 Å². The van der Waals surface area contributed by atoms with Gasteiger partial charge < -0.3 is 4.90 Å². The zero-order valence-corrected chi connectivity index (χ0v) is 12.0. The number of pyridine rings is 1. The van der Waals surface area contributed by atoms with Gasteiger partial charge in [-0.15, -0.1) is 0 Å².